The molecule has 0 atom stereocenters. The molecule has 3 nitrogen and oxygen atoms in total. The highest BCUT2D eigenvalue weighted by Crippen LogP contribution is 2.20. The van der Waals surface area contributed by atoms with Crippen molar-refractivity contribution in [2.24, 2.45) is 5.73 Å². The minimum absolute atomic E-state index is 0. The molecule has 0 aliphatic carbocycles. The predicted octanol–water partition coefficient (Wildman–Crippen LogP) is 2.14. The smallest absolute Gasteiger partial charge is 0.153 e. The molecule has 0 saturated carbocycles. The van der Waals surface area contributed by atoms with E-state index in [1.807, 2.05) is 6.07 Å². The maximum absolute atomic E-state index is 5.90. The predicted molar refractivity (Wildman–Crippen MR) is 61.1 cm³/mol. The Balaban J connectivity index is 0.000000980. The van der Waals surface area contributed by atoms with Crippen molar-refractivity contribution >= 4 is 34.9 Å². The number of aromatic amines is 1. The minimum atomic E-state index is 0. The van der Waals surface area contributed by atoms with E-state index in [-0.39, 0.29) is 12.4 Å². The monoisotopic (exact) mass is 231 g/mol. The minimum Gasteiger partial charge on any atom is -0.356 e. The maximum Gasteiger partial charge on any atom is 0.153 e. The summed E-state index contributed by atoms with van der Waals surface area (Å²) in [5.41, 5.74) is 7.45. The molecule has 2 heterocycles. The second-order valence-electron chi connectivity index (χ2n) is 2.90. The lowest BCUT2D eigenvalue weighted by molar-refractivity contribution is 0.939. The number of nitrogens with zero attached hydrogens (tertiary/aromatic N) is 1. The Morgan fingerprint density at radius 1 is 1.50 bits per heavy atom. The molecule has 0 fully saturated rings. The van der Waals surface area contributed by atoms with Gasteiger partial charge in [-0.15, -0.1) is 12.4 Å². The van der Waals surface area contributed by atoms with Gasteiger partial charge in [0.05, 0.1) is 5.52 Å². The van der Waals surface area contributed by atoms with Gasteiger partial charge in [0.25, 0.3) is 0 Å². The van der Waals surface area contributed by atoms with Crippen LogP contribution in [-0.2, 0) is 6.42 Å². The second kappa shape index (κ2) is 4.64. The van der Waals surface area contributed by atoms with Gasteiger partial charge in [0.2, 0.25) is 0 Å². The fourth-order valence-corrected chi connectivity index (χ4v) is 1.58. The number of rotatable bonds is 2. The fraction of sp³-hybridized carbons (Fsp3) is 0.222. The zero-order valence-electron chi connectivity index (χ0n) is 7.46. The summed E-state index contributed by atoms with van der Waals surface area (Å²) in [6.07, 6.45) is 2.54. The third kappa shape index (κ3) is 2.00. The SMILES string of the molecule is Cl.NCCc1cc2ccnc(Cl)c2[nH]1. The fourth-order valence-electron chi connectivity index (χ4n) is 1.37. The normalized spacial score (nSPS) is 10.1. The van der Waals surface area contributed by atoms with Crippen molar-refractivity contribution in [2.45, 2.75) is 6.42 Å². The molecule has 0 radical (unpaired) electrons. The van der Waals surface area contributed by atoms with E-state index in [2.05, 4.69) is 16.0 Å². The van der Waals surface area contributed by atoms with Gasteiger partial charge in [0.1, 0.15) is 0 Å². The van der Waals surface area contributed by atoms with Gasteiger partial charge < -0.3 is 10.7 Å². The van der Waals surface area contributed by atoms with Crippen molar-refractivity contribution < 1.29 is 0 Å². The molecule has 0 aliphatic rings. The van der Waals surface area contributed by atoms with Gasteiger partial charge in [-0.2, -0.15) is 0 Å². The topological polar surface area (TPSA) is 54.7 Å². The van der Waals surface area contributed by atoms with Gasteiger partial charge in [-0.25, -0.2) is 4.98 Å². The molecular weight excluding hydrogens is 221 g/mol. The third-order valence-electron chi connectivity index (χ3n) is 1.97. The van der Waals surface area contributed by atoms with Gasteiger partial charge in [0, 0.05) is 17.3 Å². The summed E-state index contributed by atoms with van der Waals surface area (Å²) >= 11 is 5.90. The van der Waals surface area contributed by atoms with E-state index in [1.165, 1.54) is 0 Å². The molecule has 0 amide bonds. The Kier molecular flexibility index (Phi) is 3.75. The number of fused-ring (bicyclic) bond motifs is 1. The summed E-state index contributed by atoms with van der Waals surface area (Å²) in [6.45, 7) is 0.637. The van der Waals surface area contributed by atoms with E-state index in [1.54, 1.807) is 6.20 Å². The number of aromatic nitrogens is 2. The molecular formula is C9H11Cl2N3. The highest BCUT2D eigenvalue weighted by molar-refractivity contribution is 6.33. The van der Waals surface area contributed by atoms with Gasteiger partial charge in [0.15, 0.2) is 5.15 Å². The second-order valence-corrected chi connectivity index (χ2v) is 3.26. The van der Waals surface area contributed by atoms with Crippen LogP contribution < -0.4 is 5.73 Å². The van der Waals surface area contributed by atoms with E-state index in [9.17, 15) is 0 Å². The number of nitrogens with two attached hydrogens (primary N) is 1. The summed E-state index contributed by atoms with van der Waals surface area (Å²) in [6, 6.07) is 3.98. The summed E-state index contributed by atoms with van der Waals surface area (Å²) in [7, 11) is 0. The van der Waals surface area contributed by atoms with Gasteiger partial charge >= 0.3 is 0 Å². The summed E-state index contributed by atoms with van der Waals surface area (Å²) in [5, 5.41) is 1.60. The van der Waals surface area contributed by atoms with Crippen LogP contribution in [0.2, 0.25) is 5.15 Å². The number of nitrogens with one attached hydrogen (secondary N) is 1. The lowest BCUT2D eigenvalue weighted by Crippen LogP contribution is -2.02. The molecule has 14 heavy (non-hydrogen) atoms. The van der Waals surface area contributed by atoms with Gasteiger partial charge in [-0.1, -0.05) is 11.6 Å². The Hall–Kier alpha value is -0.770. The molecule has 2 aromatic rings. The molecule has 0 spiro atoms. The zero-order chi connectivity index (χ0) is 9.26. The van der Waals surface area contributed by atoms with Crippen molar-refractivity contribution in [1.29, 1.82) is 0 Å². The molecule has 0 aromatic carbocycles. The first-order valence-electron chi connectivity index (χ1n) is 4.13. The largest absolute Gasteiger partial charge is 0.356 e. The highest BCUT2D eigenvalue weighted by atomic mass is 35.5. The Labute approximate surface area is 93.1 Å². The van der Waals surface area contributed by atoms with Crippen LogP contribution in [-0.4, -0.2) is 16.5 Å². The summed E-state index contributed by atoms with van der Waals surface area (Å²) < 4.78 is 0. The van der Waals surface area contributed by atoms with Crippen LogP contribution in [0, 0.1) is 0 Å². The van der Waals surface area contributed by atoms with Gasteiger partial charge in [-0.05, 0) is 25.1 Å². The standard InChI is InChI=1S/C9H10ClN3.ClH/c10-9-8-6(2-4-12-9)5-7(13-8)1-3-11;/h2,4-5,13H,1,3,11H2;1H. The van der Waals surface area contributed by atoms with Crippen molar-refractivity contribution in [2.75, 3.05) is 6.54 Å². The Bertz CT molecular complexity index is 425. The number of hydrogen-bond donors (Lipinski definition) is 2. The van der Waals surface area contributed by atoms with Crippen LogP contribution in [0.3, 0.4) is 0 Å². The number of hydrogen-bond acceptors (Lipinski definition) is 2. The maximum atomic E-state index is 5.90. The van der Waals surface area contributed by atoms with E-state index in [0.29, 0.717) is 11.7 Å². The third-order valence-corrected chi connectivity index (χ3v) is 2.25. The molecule has 3 N–H and O–H groups in total. The first kappa shape index (κ1) is 11.3. The van der Waals surface area contributed by atoms with Crippen LogP contribution in [0.25, 0.3) is 10.9 Å². The molecule has 0 unspecified atom stereocenters. The quantitative estimate of drug-likeness (QED) is 0.779. The first-order valence-corrected chi connectivity index (χ1v) is 4.51. The Morgan fingerprint density at radius 2 is 2.29 bits per heavy atom. The van der Waals surface area contributed by atoms with E-state index >= 15 is 0 Å². The average Bonchev–Trinajstić information content (AvgIpc) is 2.49. The van der Waals surface area contributed by atoms with Crippen molar-refractivity contribution in [3.63, 3.8) is 0 Å². The number of halogens is 2. The van der Waals surface area contributed by atoms with Crippen molar-refractivity contribution in [1.82, 2.24) is 9.97 Å². The molecule has 2 aromatic heterocycles. The molecule has 0 bridgehead atoms. The first-order chi connectivity index (χ1) is 6.31. The highest BCUT2D eigenvalue weighted by Gasteiger charge is 2.03. The van der Waals surface area contributed by atoms with Crippen LogP contribution in [0.4, 0.5) is 0 Å². The average molecular weight is 232 g/mol. The van der Waals surface area contributed by atoms with Crippen molar-refractivity contribution in [3.8, 4) is 0 Å². The van der Waals surface area contributed by atoms with Crippen LogP contribution in [0.15, 0.2) is 18.3 Å². The summed E-state index contributed by atoms with van der Waals surface area (Å²) in [5.74, 6) is 0. The number of H-pyrrole nitrogens is 1. The zero-order valence-corrected chi connectivity index (χ0v) is 9.03. The van der Waals surface area contributed by atoms with E-state index in [4.69, 9.17) is 17.3 Å². The van der Waals surface area contributed by atoms with E-state index < -0.39 is 0 Å². The van der Waals surface area contributed by atoms with Crippen LogP contribution in [0.5, 0.6) is 0 Å². The molecule has 0 saturated heterocycles. The van der Waals surface area contributed by atoms with Gasteiger partial charge in [-0.3, -0.25) is 0 Å². The van der Waals surface area contributed by atoms with Crippen LogP contribution >= 0.6 is 24.0 Å². The molecule has 76 valence electrons. The number of pyridine rings is 1. The van der Waals surface area contributed by atoms with Crippen LogP contribution in [0.1, 0.15) is 5.69 Å². The molecule has 0 aliphatic heterocycles. The van der Waals surface area contributed by atoms with E-state index in [0.717, 1.165) is 23.0 Å². The molecule has 5 heteroatoms. The molecule has 2 rings (SSSR count). The lowest BCUT2D eigenvalue weighted by atomic mass is 10.3. The summed E-state index contributed by atoms with van der Waals surface area (Å²) in [4.78, 5) is 7.17. The Morgan fingerprint density at radius 3 is 2.93 bits per heavy atom. The lowest BCUT2D eigenvalue weighted by Gasteiger charge is -1.91. The van der Waals surface area contributed by atoms with Crippen molar-refractivity contribution in [3.05, 3.63) is 29.2 Å².